The Balaban J connectivity index is 1.71. The number of nitrogens with two attached hydrogens (primary N) is 1. The van der Waals surface area contributed by atoms with Crippen LogP contribution < -0.4 is 10.5 Å². The van der Waals surface area contributed by atoms with Crippen molar-refractivity contribution in [2.75, 3.05) is 6.54 Å². The van der Waals surface area contributed by atoms with E-state index in [1.54, 1.807) is 10.9 Å². The van der Waals surface area contributed by atoms with Crippen LogP contribution in [0.2, 0.25) is 0 Å². The molecular formula is C17H24N4O2S. The Morgan fingerprint density at radius 2 is 1.96 bits per heavy atom. The van der Waals surface area contributed by atoms with Crippen LogP contribution >= 0.6 is 0 Å². The Morgan fingerprint density at radius 3 is 2.71 bits per heavy atom. The second-order valence-electron chi connectivity index (χ2n) is 6.37. The van der Waals surface area contributed by atoms with E-state index in [0.29, 0.717) is 13.1 Å². The van der Waals surface area contributed by atoms with Crippen molar-refractivity contribution in [3.63, 3.8) is 0 Å². The van der Waals surface area contributed by atoms with Crippen LogP contribution in [-0.2, 0) is 16.6 Å². The van der Waals surface area contributed by atoms with Gasteiger partial charge in [-0.1, -0.05) is 43.2 Å². The fourth-order valence-corrected chi connectivity index (χ4v) is 4.54. The fraction of sp³-hybridized carbons (Fsp3) is 0.471. The largest absolute Gasteiger partial charge is 0.330 e. The molecule has 0 aliphatic heterocycles. The van der Waals surface area contributed by atoms with E-state index in [1.807, 2.05) is 30.3 Å². The molecule has 3 N–H and O–H groups in total. The van der Waals surface area contributed by atoms with Gasteiger partial charge in [-0.25, -0.2) is 13.1 Å². The van der Waals surface area contributed by atoms with Gasteiger partial charge < -0.3 is 5.73 Å². The molecule has 1 aromatic carbocycles. The normalized spacial score (nSPS) is 21.7. The second-order valence-corrected chi connectivity index (χ2v) is 8.08. The number of aromatic nitrogens is 2. The Morgan fingerprint density at radius 1 is 1.21 bits per heavy atom. The van der Waals surface area contributed by atoms with E-state index in [4.69, 9.17) is 5.73 Å². The lowest BCUT2D eigenvalue weighted by molar-refractivity contribution is 0.296. The number of sulfonamides is 1. The van der Waals surface area contributed by atoms with E-state index >= 15 is 0 Å². The predicted octanol–water partition coefficient (Wildman–Crippen LogP) is 1.73. The third-order valence-electron chi connectivity index (χ3n) is 4.63. The van der Waals surface area contributed by atoms with Crippen molar-refractivity contribution < 1.29 is 8.42 Å². The zero-order valence-corrected chi connectivity index (χ0v) is 14.5. The predicted molar refractivity (Wildman–Crippen MR) is 92.9 cm³/mol. The molecule has 1 aliphatic rings. The molecule has 130 valence electrons. The van der Waals surface area contributed by atoms with Crippen LogP contribution in [0.3, 0.4) is 0 Å². The zero-order chi connectivity index (χ0) is 17.0. The molecule has 1 heterocycles. The number of hydrogen-bond donors (Lipinski definition) is 2. The van der Waals surface area contributed by atoms with Gasteiger partial charge in [0.1, 0.15) is 4.90 Å². The van der Waals surface area contributed by atoms with Crippen molar-refractivity contribution in [1.29, 1.82) is 0 Å². The SMILES string of the molecule is NCC1CCCCC1NS(=O)(=O)c1cnn(Cc2ccccc2)c1. The summed E-state index contributed by atoms with van der Waals surface area (Å²) in [5, 5.41) is 4.18. The average molecular weight is 348 g/mol. The molecule has 2 atom stereocenters. The first-order valence-corrected chi connectivity index (χ1v) is 9.85. The summed E-state index contributed by atoms with van der Waals surface area (Å²) in [4.78, 5) is 0.208. The summed E-state index contributed by atoms with van der Waals surface area (Å²) < 4.78 is 29.7. The van der Waals surface area contributed by atoms with E-state index < -0.39 is 10.0 Å². The molecule has 2 aromatic rings. The minimum Gasteiger partial charge on any atom is -0.330 e. The molecule has 1 saturated carbocycles. The highest BCUT2D eigenvalue weighted by Crippen LogP contribution is 2.25. The summed E-state index contributed by atoms with van der Waals surface area (Å²) in [5.74, 6) is 0.216. The maximum atomic E-state index is 12.6. The highest BCUT2D eigenvalue weighted by molar-refractivity contribution is 7.89. The van der Waals surface area contributed by atoms with Crippen molar-refractivity contribution >= 4 is 10.0 Å². The monoisotopic (exact) mass is 348 g/mol. The minimum absolute atomic E-state index is 0.0776. The van der Waals surface area contributed by atoms with Crippen molar-refractivity contribution in [1.82, 2.24) is 14.5 Å². The summed E-state index contributed by atoms with van der Waals surface area (Å²) in [5.41, 5.74) is 6.87. The Kier molecular flexibility index (Phi) is 5.33. The van der Waals surface area contributed by atoms with Crippen LogP contribution in [0.4, 0.5) is 0 Å². The quantitative estimate of drug-likeness (QED) is 0.832. The van der Waals surface area contributed by atoms with Crippen LogP contribution in [0.5, 0.6) is 0 Å². The maximum Gasteiger partial charge on any atom is 0.243 e. The first kappa shape index (κ1) is 17.1. The minimum atomic E-state index is -3.56. The van der Waals surface area contributed by atoms with E-state index in [0.717, 1.165) is 31.2 Å². The summed E-state index contributed by atoms with van der Waals surface area (Å²) in [6.45, 7) is 1.06. The lowest BCUT2D eigenvalue weighted by Crippen LogP contribution is -2.44. The standard InChI is InChI=1S/C17H24N4O2S/c18-10-15-8-4-5-9-17(15)20-24(22,23)16-11-19-21(13-16)12-14-6-2-1-3-7-14/h1-3,6-7,11,13,15,17,20H,4-5,8-10,12,18H2. The van der Waals surface area contributed by atoms with Crippen LogP contribution in [-0.4, -0.2) is 30.8 Å². The van der Waals surface area contributed by atoms with Gasteiger partial charge in [0.25, 0.3) is 0 Å². The third kappa shape index (κ3) is 4.03. The lowest BCUT2D eigenvalue weighted by Gasteiger charge is -2.30. The zero-order valence-electron chi connectivity index (χ0n) is 13.6. The van der Waals surface area contributed by atoms with Crippen LogP contribution in [0.1, 0.15) is 31.2 Å². The third-order valence-corrected chi connectivity index (χ3v) is 6.07. The lowest BCUT2D eigenvalue weighted by atomic mass is 9.85. The van der Waals surface area contributed by atoms with Crippen LogP contribution in [0.15, 0.2) is 47.6 Å². The average Bonchev–Trinajstić information content (AvgIpc) is 3.05. The van der Waals surface area contributed by atoms with Crippen LogP contribution in [0.25, 0.3) is 0 Å². The topological polar surface area (TPSA) is 90.0 Å². The van der Waals surface area contributed by atoms with E-state index in [-0.39, 0.29) is 16.9 Å². The first-order chi connectivity index (χ1) is 11.6. The molecule has 6 nitrogen and oxygen atoms in total. The summed E-state index contributed by atoms with van der Waals surface area (Å²) >= 11 is 0. The van der Waals surface area contributed by atoms with Gasteiger partial charge in [0.2, 0.25) is 10.0 Å². The van der Waals surface area contributed by atoms with Gasteiger partial charge in [-0.2, -0.15) is 5.10 Å². The molecule has 3 rings (SSSR count). The van der Waals surface area contributed by atoms with Crippen molar-refractivity contribution in [2.45, 2.75) is 43.2 Å². The first-order valence-electron chi connectivity index (χ1n) is 8.37. The van der Waals surface area contributed by atoms with Crippen LogP contribution in [0, 0.1) is 5.92 Å². The fourth-order valence-electron chi connectivity index (χ4n) is 3.25. The van der Waals surface area contributed by atoms with Gasteiger partial charge in [0.05, 0.1) is 12.7 Å². The Hall–Kier alpha value is -1.70. The summed E-state index contributed by atoms with van der Waals surface area (Å²) in [7, 11) is -3.56. The Bertz CT molecular complexity index is 758. The maximum absolute atomic E-state index is 12.6. The number of nitrogens with zero attached hydrogens (tertiary/aromatic N) is 2. The molecule has 24 heavy (non-hydrogen) atoms. The number of benzene rings is 1. The number of rotatable bonds is 6. The molecule has 2 unspecified atom stereocenters. The molecule has 1 aromatic heterocycles. The highest BCUT2D eigenvalue weighted by atomic mass is 32.2. The van der Waals surface area contributed by atoms with Crippen molar-refractivity contribution in [2.24, 2.45) is 11.7 Å². The molecule has 0 bridgehead atoms. The second kappa shape index (κ2) is 7.46. The van der Waals surface area contributed by atoms with Crippen molar-refractivity contribution in [3.05, 3.63) is 48.3 Å². The van der Waals surface area contributed by atoms with Crippen molar-refractivity contribution in [3.8, 4) is 0 Å². The smallest absolute Gasteiger partial charge is 0.243 e. The molecule has 0 spiro atoms. The van der Waals surface area contributed by atoms with Gasteiger partial charge >= 0.3 is 0 Å². The molecule has 7 heteroatoms. The summed E-state index contributed by atoms with van der Waals surface area (Å²) in [6.07, 6.45) is 6.98. The van der Waals surface area contributed by atoms with Gasteiger partial charge in [-0.05, 0) is 30.9 Å². The van der Waals surface area contributed by atoms with Gasteiger partial charge in [0.15, 0.2) is 0 Å². The molecule has 0 saturated heterocycles. The molecule has 0 radical (unpaired) electrons. The summed E-state index contributed by atoms with van der Waals surface area (Å²) in [6, 6.07) is 9.75. The van der Waals surface area contributed by atoms with Gasteiger partial charge in [-0.15, -0.1) is 0 Å². The number of nitrogens with one attached hydrogen (secondary N) is 1. The van der Waals surface area contributed by atoms with Gasteiger partial charge in [0, 0.05) is 12.2 Å². The highest BCUT2D eigenvalue weighted by Gasteiger charge is 2.29. The van der Waals surface area contributed by atoms with E-state index in [9.17, 15) is 8.42 Å². The van der Waals surface area contributed by atoms with E-state index in [1.165, 1.54) is 6.20 Å². The van der Waals surface area contributed by atoms with E-state index in [2.05, 4.69) is 9.82 Å². The molecule has 1 aliphatic carbocycles. The molecule has 1 fully saturated rings. The number of hydrogen-bond acceptors (Lipinski definition) is 4. The Labute approximate surface area is 143 Å². The molecular weight excluding hydrogens is 324 g/mol. The molecule has 0 amide bonds. The van der Waals surface area contributed by atoms with Gasteiger partial charge in [-0.3, -0.25) is 4.68 Å².